The molecule has 1 aliphatic rings. The highest BCUT2D eigenvalue weighted by molar-refractivity contribution is 5.82. The van der Waals surface area contributed by atoms with Gasteiger partial charge < -0.3 is 11.1 Å². The molecule has 112 valence electrons. The summed E-state index contributed by atoms with van der Waals surface area (Å²) in [5, 5.41) is 3.11. The maximum absolute atomic E-state index is 12.5. The zero-order chi connectivity index (χ0) is 14.5. The van der Waals surface area contributed by atoms with Crippen LogP contribution in [-0.4, -0.2) is 18.5 Å². The van der Waals surface area contributed by atoms with E-state index in [2.05, 4.69) is 33.0 Å². The summed E-state index contributed by atoms with van der Waals surface area (Å²) in [6.07, 6.45) is 6.47. The lowest BCUT2D eigenvalue weighted by Gasteiger charge is -2.30. The van der Waals surface area contributed by atoms with Gasteiger partial charge in [0.1, 0.15) is 0 Å². The third kappa shape index (κ3) is 5.13. The third-order valence-electron chi connectivity index (χ3n) is 4.14. The van der Waals surface area contributed by atoms with Crippen molar-refractivity contribution in [3.8, 4) is 0 Å². The van der Waals surface area contributed by atoms with E-state index in [0.717, 1.165) is 25.7 Å². The Labute approximate surface area is 118 Å². The number of rotatable bonds is 7. The molecule has 3 heteroatoms. The summed E-state index contributed by atoms with van der Waals surface area (Å²) in [4.78, 5) is 12.5. The molecule has 0 aromatic carbocycles. The fourth-order valence-corrected chi connectivity index (χ4v) is 3.46. The predicted molar refractivity (Wildman–Crippen MR) is 80.8 cm³/mol. The first-order valence-electron chi connectivity index (χ1n) is 7.89. The Morgan fingerprint density at radius 1 is 1.16 bits per heavy atom. The summed E-state index contributed by atoms with van der Waals surface area (Å²) in [5.74, 6) is 1.41. The van der Waals surface area contributed by atoms with E-state index >= 15 is 0 Å². The molecule has 1 fully saturated rings. The Hall–Kier alpha value is -0.570. The quantitative estimate of drug-likeness (QED) is 0.745. The highest BCUT2D eigenvalue weighted by Crippen LogP contribution is 2.43. The number of carbonyl (C=O) groups is 1. The van der Waals surface area contributed by atoms with Gasteiger partial charge in [0, 0.05) is 18.0 Å². The van der Waals surface area contributed by atoms with Gasteiger partial charge in [-0.1, -0.05) is 40.5 Å². The van der Waals surface area contributed by atoms with Gasteiger partial charge in [0.25, 0.3) is 0 Å². The minimum atomic E-state index is -0.105. The van der Waals surface area contributed by atoms with E-state index < -0.39 is 0 Å². The third-order valence-corrected chi connectivity index (χ3v) is 4.14. The van der Waals surface area contributed by atoms with Crippen LogP contribution >= 0.6 is 0 Å². The highest BCUT2D eigenvalue weighted by atomic mass is 16.2. The highest BCUT2D eigenvalue weighted by Gasteiger charge is 2.41. The van der Waals surface area contributed by atoms with E-state index in [1.807, 2.05) is 0 Å². The fourth-order valence-electron chi connectivity index (χ4n) is 3.46. The molecule has 1 unspecified atom stereocenters. The van der Waals surface area contributed by atoms with E-state index in [0.29, 0.717) is 18.4 Å². The largest absolute Gasteiger partial charge is 0.354 e. The van der Waals surface area contributed by atoms with Crippen LogP contribution in [-0.2, 0) is 4.79 Å². The Bertz CT molecular complexity index is 280. The average Bonchev–Trinajstić information content (AvgIpc) is 2.73. The Kier molecular flexibility index (Phi) is 6.31. The topological polar surface area (TPSA) is 55.1 Å². The maximum Gasteiger partial charge on any atom is 0.226 e. The Morgan fingerprint density at radius 3 is 2.21 bits per heavy atom. The predicted octanol–water partition coefficient (Wildman–Crippen LogP) is 3.08. The summed E-state index contributed by atoms with van der Waals surface area (Å²) in [6.45, 7) is 9.37. The fraction of sp³-hybridized carbons (Fsp3) is 0.938. The van der Waals surface area contributed by atoms with Crippen molar-refractivity contribution in [1.82, 2.24) is 5.32 Å². The molecule has 0 spiro atoms. The van der Waals surface area contributed by atoms with Gasteiger partial charge in [-0.2, -0.15) is 0 Å². The number of hydrogen-bond acceptors (Lipinski definition) is 2. The molecule has 0 heterocycles. The standard InChI is InChI=1S/C16H32N2O/c1-12(2)9-14(17)11-18-15(19)16(10-13(3)4)7-5-6-8-16/h12-14H,5-11,17H2,1-4H3,(H,18,19). The van der Waals surface area contributed by atoms with Gasteiger partial charge in [0.15, 0.2) is 0 Å². The lowest BCUT2D eigenvalue weighted by molar-refractivity contribution is -0.131. The molecule has 19 heavy (non-hydrogen) atoms. The van der Waals surface area contributed by atoms with Crippen molar-refractivity contribution in [1.29, 1.82) is 0 Å². The van der Waals surface area contributed by atoms with Crippen LogP contribution in [0, 0.1) is 17.3 Å². The molecule has 0 aromatic heterocycles. The SMILES string of the molecule is CC(C)CC(N)CNC(=O)C1(CC(C)C)CCCC1. The normalized spacial score (nSPS) is 19.9. The maximum atomic E-state index is 12.5. The summed E-state index contributed by atoms with van der Waals surface area (Å²) < 4.78 is 0. The Balaban J connectivity index is 2.49. The van der Waals surface area contributed by atoms with Gasteiger partial charge in [-0.3, -0.25) is 4.79 Å². The van der Waals surface area contributed by atoms with Crippen molar-refractivity contribution in [2.45, 2.75) is 72.3 Å². The first kappa shape index (κ1) is 16.5. The molecule has 1 atom stereocenters. The van der Waals surface area contributed by atoms with E-state index in [-0.39, 0.29) is 17.4 Å². The first-order chi connectivity index (χ1) is 8.85. The zero-order valence-electron chi connectivity index (χ0n) is 13.2. The molecular weight excluding hydrogens is 236 g/mol. The molecule has 0 saturated heterocycles. The lowest BCUT2D eigenvalue weighted by atomic mass is 9.77. The van der Waals surface area contributed by atoms with E-state index in [4.69, 9.17) is 5.73 Å². The monoisotopic (exact) mass is 268 g/mol. The van der Waals surface area contributed by atoms with Crippen LogP contribution in [0.3, 0.4) is 0 Å². The number of nitrogens with one attached hydrogen (secondary N) is 1. The minimum Gasteiger partial charge on any atom is -0.354 e. The van der Waals surface area contributed by atoms with Crippen LogP contribution in [0.4, 0.5) is 0 Å². The summed E-state index contributed by atoms with van der Waals surface area (Å²) >= 11 is 0. The molecule has 0 radical (unpaired) electrons. The molecule has 3 nitrogen and oxygen atoms in total. The molecule has 1 rings (SSSR count). The van der Waals surface area contributed by atoms with Crippen molar-refractivity contribution in [2.75, 3.05) is 6.54 Å². The van der Waals surface area contributed by atoms with Crippen molar-refractivity contribution >= 4 is 5.91 Å². The van der Waals surface area contributed by atoms with Crippen molar-refractivity contribution in [2.24, 2.45) is 23.0 Å². The second kappa shape index (κ2) is 7.28. The molecule has 0 bridgehead atoms. The molecule has 1 saturated carbocycles. The van der Waals surface area contributed by atoms with Crippen LogP contribution in [0.5, 0.6) is 0 Å². The van der Waals surface area contributed by atoms with E-state index in [1.165, 1.54) is 12.8 Å². The zero-order valence-corrected chi connectivity index (χ0v) is 13.2. The summed E-state index contributed by atoms with van der Waals surface area (Å²) in [6, 6.07) is 0.0847. The number of carbonyl (C=O) groups excluding carboxylic acids is 1. The van der Waals surface area contributed by atoms with E-state index in [9.17, 15) is 4.79 Å². The van der Waals surface area contributed by atoms with E-state index in [1.54, 1.807) is 0 Å². The molecule has 0 aliphatic heterocycles. The van der Waals surface area contributed by atoms with Gasteiger partial charge in [-0.15, -0.1) is 0 Å². The number of hydrogen-bond donors (Lipinski definition) is 2. The van der Waals surface area contributed by atoms with Crippen molar-refractivity contribution in [3.63, 3.8) is 0 Å². The van der Waals surface area contributed by atoms with Crippen LogP contribution in [0.25, 0.3) is 0 Å². The van der Waals surface area contributed by atoms with Crippen LogP contribution < -0.4 is 11.1 Å². The smallest absolute Gasteiger partial charge is 0.226 e. The summed E-state index contributed by atoms with van der Waals surface area (Å²) in [7, 11) is 0. The Morgan fingerprint density at radius 2 is 1.74 bits per heavy atom. The van der Waals surface area contributed by atoms with Crippen molar-refractivity contribution in [3.05, 3.63) is 0 Å². The van der Waals surface area contributed by atoms with Crippen LogP contribution in [0.15, 0.2) is 0 Å². The molecule has 0 aromatic rings. The summed E-state index contributed by atoms with van der Waals surface area (Å²) in [5.41, 5.74) is 5.95. The number of amides is 1. The van der Waals surface area contributed by atoms with Gasteiger partial charge in [0.05, 0.1) is 0 Å². The van der Waals surface area contributed by atoms with Crippen molar-refractivity contribution < 1.29 is 4.79 Å². The molecular formula is C16H32N2O. The van der Waals surface area contributed by atoms with Gasteiger partial charge in [-0.25, -0.2) is 0 Å². The van der Waals surface area contributed by atoms with Gasteiger partial charge in [-0.05, 0) is 37.5 Å². The number of nitrogens with two attached hydrogens (primary N) is 1. The second-order valence-corrected chi connectivity index (χ2v) is 7.19. The molecule has 1 aliphatic carbocycles. The van der Waals surface area contributed by atoms with Crippen LogP contribution in [0.1, 0.15) is 66.2 Å². The average molecular weight is 268 g/mol. The molecule has 1 amide bonds. The van der Waals surface area contributed by atoms with Gasteiger partial charge >= 0.3 is 0 Å². The minimum absolute atomic E-state index is 0.0847. The second-order valence-electron chi connectivity index (χ2n) is 7.19. The molecule has 3 N–H and O–H groups in total. The van der Waals surface area contributed by atoms with Crippen LogP contribution in [0.2, 0.25) is 0 Å². The lowest BCUT2D eigenvalue weighted by Crippen LogP contribution is -2.45. The first-order valence-corrected chi connectivity index (χ1v) is 7.89. The van der Waals surface area contributed by atoms with Gasteiger partial charge in [0.2, 0.25) is 5.91 Å².